The minimum Gasteiger partial charge on any atom is -0.399 e. The summed E-state index contributed by atoms with van der Waals surface area (Å²) in [6, 6.07) is 18.7. The quantitative estimate of drug-likeness (QED) is 0.538. The van der Waals surface area contributed by atoms with Gasteiger partial charge >= 0.3 is 0 Å². The molecule has 0 spiro atoms. The Morgan fingerprint density at radius 3 is 2.78 bits per heavy atom. The number of fused-ring (bicyclic) bond motifs is 2. The van der Waals surface area contributed by atoms with Crippen molar-refractivity contribution in [1.29, 1.82) is 0 Å². The molecule has 5 rings (SSSR count). The summed E-state index contributed by atoms with van der Waals surface area (Å²) in [4.78, 5) is 13.3. The maximum atomic E-state index is 5.79. The van der Waals surface area contributed by atoms with Crippen LogP contribution >= 0.6 is 11.3 Å². The fourth-order valence-electron chi connectivity index (χ4n) is 3.60. The fourth-order valence-corrected chi connectivity index (χ4v) is 4.71. The fraction of sp³-hybridized carbons (Fsp3) is 0.182. The largest absolute Gasteiger partial charge is 0.399 e. The summed E-state index contributed by atoms with van der Waals surface area (Å²) in [5.74, 6) is 0.775. The average Bonchev–Trinajstić information content (AvgIpc) is 3.10. The number of anilines is 1. The summed E-state index contributed by atoms with van der Waals surface area (Å²) in [7, 11) is 0. The molecule has 0 aliphatic carbocycles. The van der Waals surface area contributed by atoms with E-state index >= 15 is 0 Å². The van der Waals surface area contributed by atoms with Gasteiger partial charge in [-0.15, -0.1) is 11.3 Å². The van der Waals surface area contributed by atoms with Crippen LogP contribution in [0.5, 0.6) is 0 Å². The van der Waals surface area contributed by atoms with Crippen LogP contribution in [0.3, 0.4) is 0 Å². The monoisotopic (exact) mass is 372 g/mol. The van der Waals surface area contributed by atoms with Crippen LogP contribution in [0.2, 0.25) is 0 Å². The second-order valence-corrected chi connectivity index (χ2v) is 8.17. The first-order valence-corrected chi connectivity index (χ1v) is 9.97. The highest BCUT2D eigenvalue weighted by Gasteiger charge is 2.19. The molecule has 0 saturated heterocycles. The van der Waals surface area contributed by atoms with E-state index in [1.54, 1.807) is 0 Å². The topological polar surface area (TPSA) is 55.0 Å². The second kappa shape index (κ2) is 6.76. The van der Waals surface area contributed by atoms with E-state index in [0.717, 1.165) is 48.8 Å². The Balaban J connectivity index is 1.38. The van der Waals surface area contributed by atoms with Crippen LogP contribution in [-0.2, 0) is 19.5 Å². The third kappa shape index (κ3) is 3.31. The van der Waals surface area contributed by atoms with Crippen molar-refractivity contribution in [1.82, 2.24) is 14.9 Å². The second-order valence-electron chi connectivity index (χ2n) is 7.00. The number of rotatable bonds is 3. The molecule has 4 nitrogen and oxygen atoms in total. The molecule has 1 aliphatic heterocycles. The molecule has 27 heavy (non-hydrogen) atoms. The van der Waals surface area contributed by atoms with Gasteiger partial charge in [-0.05, 0) is 53.8 Å². The van der Waals surface area contributed by atoms with Gasteiger partial charge in [-0.25, -0.2) is 9.97 Å². The number of benzene rings is 2. The van der Waals surface area contributed by atoms with Gasteiger partial charge < -0.3 is 5.73 Å². The minimum absolute atomic E-state index is 0.756. The van der Waals surface area contributed by atoms with Crippen molar-refractivity contribution in [2.75, 3.05) is 12.3 Å². The van der Waals surface area contributed by atoms with E-state index in [1.807, 2.05) is 41.8 Å². The predicted octanol–water partition coefficient (Wildman–Crippen LogP) is 4.50. The molecule has 3 heterocycles. The third-order valence-electron chi connectivity index (χ3n) is 5.05. The van der Waals surface area contributed by atoms with Crippen molar-refractivity contribution >= 4 is 27.1 Å². The van der Waals surface area contributed by atoms with Crippen LogP contribution in [0.25, 0.3) is 21.5 Å². The Labute approximate surface area is 162 Å². The highest BCUT2D eigenvalue weighted by Crippen LogP contribution is 2.28. The smallest absolute Gasteiger partial charge is 0.159 e. The van der Waals surface area contributed by atoms with E-state index in [0.29, 0.717) is 0 Å². The van der Waals surface area contributed by atoms with Crippen LogP contribution in [0.4, 0.5) is 5.69 Å². The molecule has 0 radical (unpaired) electrons. The summed E-state index contributed by atoms with van der Waals surface area (Å²) in [6.45, 7) is 2.89. The first-order valence-electron chi connectivity index (χ1n) is 9.15. The number of nitrogens with two attached hydrogens (primary N) is 1. The van der Waals surface area contributed by atoms with Gasteiger partial charge in [0.25, 0.3) is 0 Å². The van der Waals surface area contributed by atoms with E-state index in [2.05, 4.69) is 40.2 Å². The SMILES string of the molecule is Nc1ccc(-c2ncc3c(n2)CN(Cc2cc4ccccc4s2)CC3)cc1. The number of nitrogen functional groups attached to an aromatic ring is 1. The summed E-state index contributed by atoms with van der Waals surface area (Å²) in [5.41, 5.74) is 9.96. The van der Waals surface area contributed by atoms with Gasteiger partial charge in [-0.3, -0.25) is 4.90 Å². The Bertz CT molecular complexity index is 1070. The number of hydrogen-bond donors (Lipinski definition) is 1. The molecular weight excluding hydrogens is 352 g/mol. The Morgan fingerprint density at radius 1 is 1.07 bits per heavy atom. The zero-order valence-electron chi connectivity index (χ0n) is 14.9. The summed E-state index contributed by atoms with van der Waals surface area (Å²) in [6.07, 6.45) is 2.99. The minimum atomic E-state index is 0.756. The molecule has 134 valence electrons. The molecule has 5 heteroatoms. The molecule has 0 fully saturated rings. The van der Waals surface area contributed by atoms with Crippen molar-refractivity contribution in [3.05, 3.63) is 76.9 Å². The van der Waals surface area contributed by atoms with E-state index in [1.165, 1.54) is 20.5 Å². The molecular formula is C22H20N4S. The van der Waals surface area contributed by atoms with Gasteiger partial charge in [0.2, 0.25) is 0 Å². The van der Waals surface area contributed by atoms with Crippen molar-refractivity contribution in [3.63, 3.8) is 0 Å². The average molecular weight is 372 g/mol. The van der Waals surface area contributed by atoms with Crippen LogP contribution in [0, 0.1) is 0 Å². The maximum Gasteiger partial charge on any atom is 0.159 e. The lowest BCUT2D eigenvalue weighted by atomic mass is 10.1. The molecule has 0 amide bonds. The van der Waals surface area contributed by atoms with Crippen LogP contribution < -0.4 is 5.73 Å². The molecule has 0 unspecified atom stereocenters. The molecule has 4 aromatic rings. The molecule has 0 bridgehead atoms. The van der Waals surface area contributed by atoms with Crippen molar-refractivity contribution < 1.29 is 0 Å². The first-order chi connectivity index (χ1) is 13.2. The van der Waals surface area contributed by atoms with E-state index < -0.39 is 0 Å². The van der Waals surface area contributed by atoms with Gasteiger partial charge in [-0.1, -0.05) is 18.2 Å². The first kappa shape index (κ1) is 16.4. The van der Waals surface area contributed by atoms with Crippen molar-refractivity contribution in [3.8, 4) is 11.4 Å². The van der Waals surface area contributed by atoms with E-state index in [-0.39, 0.29) is 0 Å². The summed E-state index contributed by atoms with van der Waals surface area (Å²) in [5, 5.41) is 1.34. The standard InChI is InChI=1S/C22H20N4S/c23-18-7-5-15(6-8-18)22-24-12-17-9-10-26(14-20(17)25-22)13-19-11-16-3-1-2-4-21(16)27-19/h1-8,11-12H,9-10,13-14,23H2. The van der Waals surface area contributed by atoms with Crippen LogP contribution in [0.1, 0.15) is 16.1 Å². The van der Waals surface area contributed by atoms with Gasteiger partial charge in [0.15, 0.2) is 5.82 Å². The zero-order chi connectivity index (χ0) is 18.2. The lowest BCUT2D eigenvalue weighted by Crippen LogP contribution is -2.30. The van der Waals surface area contributed by atoms with E-state index in [4.69, 9.17) is 10.7 Å². The number of aromatic nitrogens is 2. The molecule has 0 atom stereocenters. The van der Waals surface area contributed by atoms with Gasteiger partial charge in [-0.2, -0.15) is 0 Å². The summed E-state index contributed by atoms with van der Waals surface area (Å²) >= 11 is 1.89. The number of thiophene rings is 1. The molecule has 2 aromatic heterocycles. The van der Waals surface area contributed by atoms with Crippen LogP contribution in [-0.4, -0.2) is 21.4 Å². The van der Waals surface area contributed by atoms with Gasteiger partial charge in [0, 0.05) is 46.7 Å². The van der Waals surface area contributed by atoms with Crippen LogP contribution in [0.15, 0.2) is 60.8 Å². The Morgan fingerprint density at radius 2 is 1.93 bits per heavy atom. The van der Waals surface area contributed by atoms with Gasteiger partial charge in [0.05, 0.1) is 5.69 Å². The molecule has 2 aromatic carbocycles. The predicted molar refractivity (Wildman–Crippen MR) is 112 cm³/mol. The normalized spacial score (nSPS) is 14.4. The van der Waals surface area contributed by atoms with E-state index in [9.17, 15) is 0 Å². The van der Waals surface area contributed by atoms with Gasteiger partial charge in [0.1, 0.15) is 0 Å². The third-order valence-corrected chi connectivity index (χ3v) is 6.15. The highest BCUT2D eigenvalue weighted by atomic mass is 32.1. The highest BCUT2D eigenvalue weighted by molar-refractivity contribution is 7.19. The number of nitrogens with zero attached hydrogens (tertiary/aromatic N) is 3. The lowest BCUT2D eigenvalue weighted by Gasteiger charge is -2.27. The van der Waals surface area contributed by atoms with Crippen molar-refractivity contribution in [2.45, 2.75) is 19.5 Å². The molecule has 0 saturated carbocycles. The molecule has 1 aliphatic rings. The van der Waals surface area contributed by atoms with Crippen molar-refractivity contribution in [2.24, 2.45) is 0 Å². The zero-order valence-corrected chi connectivity index (χ0v) is 15.7. The Hall–Kier alpha value is -2.76. The number of hydrogen-bond acceptors (Lipinski definition) is 5. The lowest BCUT2D eigenvalue weighted by molar-refractivity contribution is 0.243. The Kier molecular flexibility index (Phi) is 4.11. The summed E-state index contributed by atoms with van der Waals surface area (Å²) < 4.78 is 1.36. The molecule has 2 N–H and O–H groups in total. The maximum absolute atomic E-state index is 5.79.